The average molecular weight is 426 g/mol. The Kier molecular flexibility index (Phi) is 4.31. The molecule has 0 aliphatic heterocycles. The summed E-state index contributed by atoms with van der Waals surface area (Å²) in [7, 11) is 2.03. The van der Waals surface area contributed by atoms with Crippen LogP contribution in [0.2, 0.25) is 0 Å². The Balaban J connectivity index is 0.00000133. The second kappa shape index (κ2) is 5.96. The largest absolute Gasteiger partial charge is 0.367 e. The summed E-state index contributed by atoms with van der Waals surface area (Å²) in [6.45, 7) is 0. The summed E-state index contributed by atoms with van der Waals surface area (Å²) >= 11 is 0. The number of hydrogen-bond donors (Lipinski definition) is 0. The molecule has 3 rings (SSSR count). The fraction of sp³-hybridized carbons (Fsp3) is 0.0625. The monoisotopic (exact) mass is 426 g/mol. The van der Waals surface area contributed by atoms with Crippen LogP contribution in [0, 0.1) is 6.07 Å². The summed E-state index contributed by atoms with van der Waals surface area (Å²) in [5.74, 6) is 0.939. The zero-order valence-electron chi connectivity index (χ0n) is 10.5. The van der Waals surface area contributed by atoms with E-state index in [0.29, 0.717) is 0 Å². The summed E-state index contributed by atoms with van der Waals surface area (Å²) < 4.78 is 2.10. The number of rotatable bonds is 2. The molecule has 0 saturated carbocycles. The number of hydrogen-bond acceptors (Lipinski definition) is 1. The Morgan fingerprint density at radius 2 is 1.74 bits per heavy atom. The molecule has 2 nitrogen and oxygen atoms in total. The number of benzene rings is 2. The van der Waals surface area contributed by atoms with Crippen molar-refractivity contribution in [1.29, 1.82) is 0 Å². The summed E-state index contributed by atoms with van der Waals surface area (Å²) in [4.78, 5) is 4.49. The van der Waals surface area contributed by atoms with E-state index in [1.54, 1.807) is 0 Å². The molecule has 3 heteroatoms. The van der Waals surface area contributed by atoms with Crippen molar-refractivity contribution in [2.45, 2.75) is 0 Å². The summed E-state index contributed by atoms with van der Waals surface area (Å²) in [5.41, 5.74) is 3.31. The molecule has 0 saturated heterocycles. The van der Waals surface area contributed by atoms with Crippen LogP contribution in [0.25, 0.3) is 22.6 Å². The molecular weight excluding hydrogens is 412 g/mol. The number of nitrogens with zero attached hydrogens (tertiary/aromatic N) is 2. The van der Waals surface area contributed by atoms with Crippen molar-refractivity contribution in [3.63, 3.8) is 0 Å². The van der Waals surface area contributed by atoms with Crippen molar-refractivity contribution in [2.75, 3.05) is 0 Å². The minimum atomic E-state index is 0. The number of aromatic nitrogens is 2. The van der Waals surface area contributed by atoms with Crippen LogP contribution in [-0.4, -0.2) is 9.55 Å². The molecule has 0 aliphatic rings. The Labute approximate surface area is 126 Å². The molecule has 0 N–H and O–H groups in total. The Bertz CT molecular complexity index is 588. The van der Waals surface area contributed by atoms with Crippen molar-refractivity contribution in [1.82, 2.24) is 9.55 Å². The van der Waals surface area contributed by atoms with E-state index < -0.39 is 0 Å². The van der Waals surface area contributed by atoms with Crippen molar-refractivity contribution in [3.8, 4) is 22.6 Å². The maximum atomic E-state index is 4.49. The molecule has 3 aromatic rings. The predicted molar refractivity (Wildman–Crippen MR) is 72.9 cm³/mol. The van der Waals surface area contributed by atoms with Crippen LogP contribution in [0.3, 0.4) is 0 Å². The summed E-state index contributed by atoms with van der Waals surface area (Å²) in [6, 6.07) is 21.4. The zero-order valence-corrected chi connectivity index (χ0v) is 12.9. The Hall–Kier alpha value is -1.70. The van der Waals surface area contributed by atoms with Crippen LogP contribution in [0.1, 0.15) is 0 Å². The van der Waals surface area contributed by atoms with Gasteiger partial charge in [-0.2, -0.15) is 0 Å². The summed E-state index contributed by atoms with van der Waals surface area (Å²) in [5, 5.41) is 0. The van der Waals surface area contributed by atoms with E-state index in [1.165, 1.54) is 5.56 Å². The molecule has 97 valence electrons. The maximum Gasteiger partial charge on any atom is 0.0587 e. The molecule has 1 radical (unpaired) electrons. The number of imidazole rings is 1. The maximum absolute atomic E-state index is 4.49. The first-order chi connectivity index (χ1) is 8.86. The molecule has 0 fully saturated rings. The van der Waals surface area contributed by atoms with Crippen molar-refractivity contribution >= 4 is 0 Å². The molecule has 1 heterocycles. The van der Waals surface area contributed by atoms with Gasteiger partial charge in [0.2, 0.25) is 0 Å². The van der Waals surface area contributed by atoms with Gasteiger partial charge < -0.3 is 4.57 Å². The van der Waals surface area contributed by atoms with Crippen LogP contribution in [0.5, 0.6) is 0 Å². The van der Waals surface area contributed by atoms with Crippen LogP contribution >= 0.6 is 0 Å². The van der Waals surface area contributed by atoms with Gasteiger partial charge in [-0.05, 0) is 5.56 Å². The minimum absolute atomic E-state index is 0. The van der Waals surface area contributed by atoms with E-state index in [4.69, 9.17) is 0 Å². The fourth-order valence-electron chi connectivity index (χ4n) is 2.07. The molecule has 0 bridgehead atoms. The van der Waals surface area contributed by atoms with E-state index in [9.17, 15) is 0 Å². The van der Waals surface area contributed by atoms with E-state index in [2.05, 4.69) is 27.8 Å². The van der Waals surface area contributed by atoms with Gasteiger partial charge in [0.15, 0.2) is 0 Å². The molecule has 0 unspecified atom stereocenters. The average Bonchev–Trinajstić information content (AvgIpc) is 2.83. The molecule has 2 aromatic carbocycles. The van der Waals surface area contributed by atoms with E-state index in [1.807, 2.05) is 55.7 Å². The van der Waals surface area contributed by atoms with Crippen LogP contribution in [0.15, 0.2) is 60.8 Å². The van der Waals surface area contributed by atoms with Gasteiger partial charge in [0.05, 0.1) is 11.5 Å². The minimum Gasteiger partial charge on any atom is -0.367 e. The molecule has 0 spiro atoms. The van der Waals surface area contributed by atoms with Crippen molar-refractivity contribution in [3.05, 3.63) is 66.9 Å². The molecular formula is C16H13IrN2-. The Morgan fingerprint density at radius 3 is 2.42 bits per heavy atom. The second-order valence-electron chi connectivity index (χ2n) is 4.17. The third kappa shape index (κ3) is 2.67. The van der Waals surface area contributed by atoms with Gasteiger partial charge in [-0.15, -0.1) is 35.9 Å². The topological polar surface area (TPSA) is 17.8 Å². The Morgan fingerprint density at radius 1 is 1.00 bits per heavy atom. The normalized spacial score (nSPS) is 9.95. The molecule has 0 amide bonds. The van der Waals surface area contributed by atoms with Gasteiger partial charge >= 0.3 is 0 Å². The van der Waals surface area contributed by atoms with Gasteiger partial charge in [-0.25, -0.2) is 0 Å². The first-order valence-electron chi connectivity index (χ1n) is 5.90. The summed E-state index contributed by atoms with van der Waals surface area (Å²) in [6.07, 6.45) is 1.91. The smallest absolute Gasteiger partial charge is 0.0587 e. The fourth-order valence-corrected chi connectivity index (χ4v) is 2.07. The second-order valence-corrected chi connectivity index (χ2v) is 4.17. The first-order valence-corrected chi connectivity index (χ1v) is 5.90. The molecule has 0 aliphatic carbocycles. The van der Waals surface area contributed by atoms with E-state index in [0.717, 1.165) is 17.1 Å². The van der Waals surface area contributed by atoms with Gasteiger partial charge in [-0.3, -0.25) is 4.98 Å². The van der Waals surface area contributed by atoms with E-state index in [-0.39, 0.29) is 20.1 Å². The van der Waals surface area contributed by atoms with Crippen molar-refractivity contribution < 1.29 is 20.1 Å². The van der Waals surface area contributed by atoms with Crippen LogP contribution < -0.4 is 0 Å². The van der Waals surface area contributed by atoms with E-state index >= 15 is 0 Å². The molecule has 19 heavy (non-hydrogen) atoms. The van der Waals surface area contributed by atoms with Gasteiger partial charge in [-0.1, -0.05) is 30.3 Å². The van der Waals surface area contributed by atoms with Crippen molar-refractivity contribution in [2.24, 2.45) is 7.05 Å². The van der Waals surface area contributed by atoms with Crippen LogP contribution in [0.4, 0.5) is 0 Å². The first kappa shape index (κ1) is 13.7. The van der Waals surface area contributed by atoms with Gasteiger partial charge in [0.1, 0.15) is 0 Å². The molecule has 0 atom stereocenters. The quantitative estimate of drug-likeness (QED) is 0.575. The molecule has 1 aromatic heterocycles. The van der Waals surface area contributed by atoms with Gasteiger partial charge in [0.25, 0.3) is 0 Å². The van der Waals surface area contributed by atoms with Gasteiger partial charge in [0, 0.05) is 33.3 Å². The third-order valence-corrected chi connectivity index (χ3v) is 3.01. The van der Waals surface area contributed by atoms with Crippen LogP contribution in [-0.2, 0) is 27.2 Å². The standard InChI is InChI=1S/C16H13N2.Ir/c1-18-15(13-8-4-2-5-9-13)12-17-16(18)14-10-6-3-7-11-14;/h2-10,12H,1H3;/q-1;. The SMILES string of the molecule is Cn1c(-c2ccccc2)cnc1-c1[c-]cccc1.[Ir]. The zero-order chi connectivity index (χ0) is 12.4. The third-order valence-electron chi connectivity index (χ3n) is 3.01. The predicted octanol–water partition coefficient (Wildman–Crippen LogP) is 3.55.